The molecule has 0 atom stereocenters. The third-order valence-corrected chi connectivity index (χ3v) is 16.9. The summed E-state index contributed by atoms with van der Waals surface area (Å²) in [5.41, 5.74) is 4.59. The molecular weight excluding hydrogens is 721 g/mol. The summed E-state index contributed by atoms with van der Waals surface area (Å²) in [5.74, 6) is 0. The molecule has 2 aliphatic heterocycles. The summed E-state index contributed by atoms with van der Waals surface area (Å²) in [6.07, 6.45) is 0. The molecule has 6 aromatic rings. The molecule has 0 N–H and O–H groups in total. The van der Waals surface area contributed by atoms with Gasteiger partial charge in [0.05, 0.1) is 11.2 Å². The van der Waals surface area contributed by atoms with E-state index in [9.17, 15) is 0 Å². The Labute approximate surface area is 333 Å². The van der Waals surface area contributed by atoms with Crippen LogP contribution in [0.15, 0.2) is 204 Å². The van der Waals surface area contributed by atoms with Crippen molar-refractivity contribution >= 4 is 27.5 Å². The molecule has 4 nitrogen and oxygen atoms in total. The fraction of sp³-hybridized carbons (Fsp3) is 0.200. The largest absolute Gasteiger partial charge is 0.409 e. The lowest BCUT2D eigenvalue weighted by molar-refractivity contribution is 0.0463. The molecule has 0 amide bonds. The van der Waals surface area contributed by atoms with Crippen LogP contribution in [0.5, 0.6) is 0 Å². The van der Waals surface area contributed by atoms with Gasteiger partial charge in [-0.3, -0.25) is 0 Å². The maximum Gasteiger partial charge on any atom is 0.409 e. The fourth-order valence-corrected chi connectivity index (χ4v) is 16.2. The van der Waals surface area contributed by atoms with Crippen molar-refractivity contribution in [2.75, 3.05) is 0 Å². The summed E-state index contributed by atoms with van der Waals surface area (Å²) in [6, 6.07) is 64.3. The lowest BCUT2D eigenvalue weighted by atomic mass is 9.55. The second kappa shape index (κ2) is 13.3. The standard InChI is InChI=1S/C50H48O4Si2/c1-47(2)43-44(48(3,4)52-55(5,6)51-47)46-45(43)49(37-25-13-7-14-26-37,38-27-15-8-16-28-38)53-56(41-33-21-11-22-34-41,42-35-23-12-24-36-42)54-50(46,39-29-17-9-18-30-39)40-31-19-10-20-32-40/h7-36H,1-6H3. The summed E-state index contributed by atoms with van der Waals surface area (Å²) in [4.78, 5) is 0. The first-order valence-corrected chi connectivity index (χ1v) is 24.2. The van der Waals surface area contributed by atoms with Gasteiger partial charge in [-0.1, -0.05) is 182 Å². The van der Waals surface area contributed by atoms with Crippen LogP contribution >= 0.6 is 0 Å². The van der Waals surface area contributed by atoms with Gasteiger partial charge in [-0.05, 0) is 84.6 Å². The van der Waals surface area contributed by atoms with Gasteiger partial charge >= 0.3 is 17.1 Å². The molecule has 9 rings (SSSR count). The van der Waals surface area contributed by atoms with Crippen molar-refractivity contribution in [3.63, 3.8) is 0 Å². The summed E-state index contributed by atoms with van der Waals surface area (Å²) in [5, 5.41) is 2.02. The minimum Gasteiger partial charge on any atom is -0.385 e. The average molecular weight is 769 g/mol. The first-order chi connectivity index (χ1) is 26.9. The highest BCUT2D eigenvalue weighted by Crippen LogP contribution is 2.67. The summed E-state index contributed by atoms with van der Waals surface area (Å²) >= 11 is 0. The molecule has 56 heavy (non-hydrogen) atoms. The Hall–Kier alpha value is -4.93. The predicted molar refractivity (Wildman–Crippen MR) is 229 cm³/mol. The van der Waals surface area contributed by atoms with E-state index in [1.165, 1.54) is 0 Å². The normalized spacial score (nSPS) is 21.1. The Balaban J connectivity index is 1.56. The van der Waals surface area contributed by atoms with Crippen LogP contribution in [0, 0.1) is 0 Å². The fourth-order valence-electron chi connectivity index (χ4n) is 9.81. The molecule has 2 heterocycles. The van der Waals surface area contributed by atoms with Gasteiger partial charge in [0.2, 0.25) is 0 Å². The van der Waals surface area contributed by atoms with Gasteiger partial charge in [-0.25, -0.2) is 0 Å². The van der Waals surface area contributed by atoms with E-state index in [-0.39, 0.29) is 0 Å². The van der Waals surface area contributed by atoms with Gasteiger partial charge < -0.3 is 17.7 Å². The van der Waals surface area contributed by atoms with Crippen LogP contribution in [0.1, 0.15) is 49.9 Å². The summed E-state index contributed by atoms with van der Waals surface area (Å²) in [6.45, 7) is 13.2. The molecule has 0 spiro atoms. The zero-order valence-corrected chi connectivity index (χ0v) is 35.0. The van der Waals surface area contributed by atoms with E-state index in [0.29, 0.717) is 0 Å². The van der Waals surface area contributed by atoms with E-state index in [0.717, 1.165) is 54.9 Å². The first kappa shape index (κ1) is 36.7. The zero-order valence-electron chi connectivity index (χ0n) is 33.0. The van der Waals surface area contributed by atoms with E-state index in [1.54, 1.807) is 0 Å². The Bertz CT molecular complexity index is 2180. The Kier molecular flexibility index (Phi) is 8.74. The molecule has 0 saturated heterocycles. The number of fused-ring (bicyclic) bond motifs is 2. The molecule has 0 saturated carbocycles. The summed E-state index contributed by atoms with van der Waals surface area (Å²) in [7, 11) is -6.59. The second-order valence-electron chi connectivity index (χ2n) is 16.5. The minimum absolute atomic E-state index is 0.747. The van der Waals surface area contributed by atoms with Gasteiger partial charge in [0, 0.05) is 11.1 Å². The smallest absolute Gasteiger partial charge is 0.385 e. The number of hydrogen-bond acceptors (Lipinski definition) is 4. The topological polar surface area (TPSA) is 36.9 Å². The average Bonchev–Trinajstić information content (AvgIpc) is 3.32. The van der Waals surface area contributed by atoms with E-state index in [1.807, 2.05) is 0 Å². The van der Waals surface area contributed by atoms with Crippen molar-refractivity contribution in [2.24, 2.45) is 0 Å². The number of benzene rings is 6. The van der Waals surface area contributed by atoms with Crippen molar-refractivity contribution < 1.29 is 17.7 Å². The molecule has 1 aliphatic carbocycles. The van der Waals surface area contributed by atoms with E-state index < -0.39 is 39.5 Å². The van der Waals surface area contributed by atoms with Crippen LogP contribution in [0.25, 0.3) is 0 Å². The van der Waals surface area contributed by atoms with Crippen LogP contribution in [0.3, 0.4) is 0 Å². The highest BCUT2D eigenvalue weighted by atomic mass is 28.4. The van der Waals surface area contributed by atoms with Crippen molar-refractivity contribution in [1.82, 2.24) is 0 Å². The van der Waals surface area contributed by atoms with Gasteiger partial charge in [-0.15, -0.1) is 0 Å². The third kappa shape index (κ3) is 5.54. The molecule has 0 radical (unpaired) electrons. The van der Waals surface area contributed by atoms with Crippen molar-refractivity contribution in [2.45, 2.75) is 63.2 Å². The SMILES string of the molecule is CC1(C)O[Si](C)(C)OC(C)(C)C2=C1C1=C2C(c2ccccc2)(c2ccccc2)O[Si](c2ccccc2)(c2ccccc2)OC1(c1ccccc1)c1ccccc1. The van der Waals surface area contributed by atoms with Crippen LogP contribution in [-0.2, 0) is 28.9 Å². The lowest BCUT2D eigenvalue weighted by Crippen LogP contribution is -2.68. The molecule has 6 heteroatoms. The van der Waals surface area contributed by atoms with Crippen LogP contribution < -0.4 is 10.4 Å². The van der Waals surface area contributed by atoms with Gasteiger partial charge in [0.1, 0.15) is 11.2 Å². The zero-order chi connectivity index (χ0) is 38.8. The predicted octanol–water partition coefficient (Wildman–Crippen LogP) is 10.1. The molecular formula is C50H48O4Si2. The van der Waals surface area contributed by atoms with Crippen molar-refractivity contribution in [3.05, 3.63) is 227 Å². The quantitative estimate of drug-likeness (QED) is 0.158. The first-order valence-electron chi connectivity index (χ1n) is 19.6. The maximum absolute atomic E-state index is 8.51. The Morgan fingerprint density at radius 1 is 0.321 bits per heavy atom. The van der Waals surface area contributed by atoms with Crippen molar-refractivity contribution in [1.29, 1.82) is 0 Å². The monoisotopic (exact) mass is 768 g/mol. The highest BCUT2D eigenvalue weighted by molar-refractivity contribution is 6.92. The molecule has 0 fully saturated rings. The lowest BCUT2D eigenvalue weighted by Gasteiger charge is -2.52. The number of rotatable bonds is 6. The van der Waals surface area contributed by atoms with E-state index >= 15 is 0 Å². The van der Waals surface area contributed by atoms with E-state index in [2.05, 4.69) is 223 Å². The maximum atomic E-state index is 8.51. The van der Waals surface area contributed by atoms with Gasteiger partial charge in [-0.2, -0.15) is 0 Å². The molecule has 0 bridgehead atoms. The Morgan fingerprint density at radius 2 is 0.571 bits per heavy atom. The van der Waals surface area contributed by atoms with Gasteiger partial charge in [0.15, 0.2) is 0 Å². The molecule has 6 aromatic carbocycles. The highest BCUT2D eigenvalue weighted by Gasteiger charge is 2.69. The summed E-state index contributed by atoms with van der Waals surface area (Å²) < 4.78 is 31.5. The number of hydrogen-bond donors (Lipinski definition) is 0. The Morgan fingerprint density at radius 3 is 0.839 bits per heavy atom. The third-order valence-electron chi connectivity index (χ3n) is 11.5. The minimum atomic E-state index is -3.87. The van der Waals surface area contributed by atoms with Crippen LogP contribution in [-0.4, -0.2) is 28.3 Å². The molecule has 0 aromatic heterocycles. The van der Waals surface area contributed by atoms with Crippen LogP contribution in [0.4, 0.5) is 0 Å². The second-order valence-corrected chi connectivity index (χ2v) is 22.5. The van der Waals surface area contributed by atoms with Crippen molar-refractivity contribution in [3.8, 4) is 0 Å². The molecule has 280 valence electrons. The molecule has 3 aliphatic rings. The van der Waals surface area contributed by atoms with Gasteiger partial charge in [0.25, 0.3) is 0 Å². The van der Waals surface area contributed by atoms with E-state index in [4.69, 9.17) is 17.7 Å². The van der Waals surface area contributed by atoms with Crippen LogP contribution in [0.2, 0.25) is 13.1 Å². The molecule has 0 unspecified atom stereocenters.